The molecule has 0 aromatic heterocycles. The molecule has 0 bridgehead atoms. The van der Waals surface area contributed by atoms with E-state index in [4.69, 9.17) is 14.7 Å². The highest BCUT2D eigenvalue weighted by molar-refractivity contribution is 5.96. The topological polar surface area (TPSA) is 71.3 Å². The molecule has 1 aromatic rings. The monoisotopic (exact) mass is 246 g/mol. The first kappa shape index (κ1) is 12.6. The fourth-order valence-electron chi connectivity index (χ4n) is 1.93. The van der Waals surface area contributed by atoms with Gasteiger partial charge in [-0.3, -0.25) is 4.79 Å². The number of rotatable bonds is 3. The molecule has 18 heavy (non-hydrogen) atoms. The van der Waals surface area contributed by atoms with E-state index in [0.717, 1.165) is 0 Å². The Morgan fingerprint density at radius 1 is 1.50 bits per heavy atom. The summed E-state index contributed by atoms with van der Waals surface area (Å²) in [6.07, 6.45) is -0.136. The van der Waals surface area contributed by atoms with Gasteiger partial charge in [0, 0.05) is 7.11 Å². The zero-order chi connectivity index (χ0) is 13.0. The average Bonchev–Trinajstić information content (AvgIpc) is 2.85. The van der Waals surface area contributed by atoms with Crippen molar-refractivity contribution >= 4 is 5.91 Å². The number of hydrogen-bond acceptors (Lipinski definition) is 4. The number of benzene rings is 1. The predicted molar refractivity (Wildman–Crippen MR) is 64.0 cm³/mol. The van der Waals surface area contributed by atoms with Crippen LogP contribution in [0.15, 0.2) is 24.3 Å². The Bertz CT molecular complexity index is 481. The molecule has 2 atom stereocenters. The summed E-state index contributed by atoms with van der Waals surface area (Å²) in [5.41, 5.74) is 0.740. The maximum Gasteiger partial charge on any atom is 0.253 e. The highest BCUT2D eigenvalue weighted by Gasteiger charge is 2.30. The first-order valence-corrected chi connectivity index (χ1v) is 5.66. The maximum atomic E-state index is 12.1. The number of methoxy groups -OCH3 is 1. The minimum absolute atomic E-state index is 0.136. The first-order valence-electron chi connectivity index (χ1n) is 5.66. The van der Waals surface area contributed by atoms with Gasteiger partial charge in [-0.2, -0.15) is 5.26 Å². The SMILES string of the molecule is CO[C@H]1COC[C@@H]1NC(=O)c1ccccc1C#N. The van der Waals surface area contributed by atoms with Crippen molar-refractivity contribution in [3.63, 3.8) is 0 Å². The van der Waals surface area contributed by atoms with Gasteiger partial charge in [0.25, 0.3) is 5.91 Å². The van der Waals surface area contributed by atoms with Crippen molar-refractivity contribution in [3.05, 3.63) is 35.4 Å². The van der Waals surface area contributed by atoms with Crippen LogP contribution >= 0.6 is 0 Å². The molecular formula is C13H14N2O3. The van der Waals surface area contributed by atoms with Crippen LogP contribution in [-0.2, 0) is 9.47 Å². The van der Waals surface area contributed by atoms with Gasteiger partial charge in [-0.1, -0.05) is 12.1 Å². The summed E-state index contributed by atoms with van der Waals surface area (Å²) in [5.74, 6) is -0.273. The minimum atomic E-state index is -0.273. The molecule has 0 radical (unpaired) electrons. The maximum absolute atomic E-state index is 12.1. The molecule has 5 heteroatoms. The van der Waals surface area contributed by atoms with E-state index in [1.165, 1.54) is 0 Å². The largest absolute Gasteiger partial charge is 0.377 e. The molecule has 1 aliphatic rings. The Morgan fingerprint density at radius 3 is 3.00 bits per heavy atom. The molecule has 1 aromatic carbocycles. The van der Waals surface area contributed by atoms with Crippen molar-refractivity contribution in [2.24, 2.45) is 0 Å². The normalized spacial score (nSPS) is 22.4. The lowest BCUT2D eigenvalue weighted by Crippen LogP contribution is -2.43. The average molecular weight is 246 g/mol. The van der Waals surface area contributed by atoms with Crippen molar-refractivity contribution in [1.82, 2.24) is 5.32 Å². The van der Waals surface area contributed by atoms with Crippen molar-refractivity contribution in [1.29, 1.82) is 5.26 Å². The molecule has 0 saturated carbocycles. The van der Waals surface area contributed by atoms with Gasteiger partial charge in [-0.25, -0.2) is 0 Å². The lowest BCUT2D eigenvalue weighted by molar-refractivity contribution is 0.0685. The molecular weight excluding hydrogens is 232 g/mol. The fraction of sp³-hybridized carbons (Fsp3) is 0.385. The minimum Gasteiger partial charge on any atom is -0.377 e. The van der Waals surface area contributed by atoms with Gasteiger partial charge >= 0.3 is 0 Å². The fourth-order valence-corrected chi connectivity index (χ4v) is 1.93. The number of carbonyl (C=O) groups is 1. The highest BCUT2D eigenvalue weighted by Crippen LogP contribution is 2.12. The Labute approximate surface area is 105 Å². The first-order chi connectivity index (χ1) is 8.76. The van der Waals surface area contributed by atoms with E-state index >= 15 is 0 Å². The van der Waals surface area contributed by atoms with E-state index < -0.39 is 0 Å². The zero-order valence-electron chi connectivity index (χ0n) is 10.1. The summed E-state index contributed by atoms with van der Waals surface area (Å²) >= 11 is 0. The van der Waals surface area contributed by atoms with E-state index in [1.54, 1.807) is 31.4 Å². The zero-order valence-corrected chi connectivity index (χ0v) is 10.1. The molecule has 5 nitrogen and oxygen atoms in total. The van der Waals surface area contributed by atoms with E-state index in [9.17, 15) is 4.79 Å². The van der Waals surface area contributed by atoms with Crippen molar-refractivity contribution < 1.29 is 14.3 Å². The van der Waals surface area contributed by atoms with Crippen LogP contribution in [0.4, 0.5) is 0 Å². The number of ether oxygens (including phenoxy) is 2. The molecule has 1 aliphatic heterocycles. The Kier molecular flexibility index (Phi) is 3.92. The molecule has 0 unspecified atom stereocenters. The smallest absolute Gasteiger partial charge is 0.253 e. The lowest BCUT2D eigenvalue weighted by Gasteiger charge is -2.17. The van der Waals surface area contributed by atoms with Gasteiger partial charge in [0.1, 0.15) is 6.10 Å². The number of hydrogen-bond donors (Lipinski definition) is 1. The summed E-state index contributed by atoms with van der Waals surface area (Å²) < 4.78 is 10.5. The number of nitriles is 1. The second-order valence-electron chi connectivity index (χ2n) is 4.05. The molecule has 1 N–H and O–H groups in total. The summed E-state index contributed by atoms with van der Waals surface area (Å²) in [6, 6.07) is 8.54. The third-order valence-corrected chi connectivity index (χ3v) is 2.94. The molecule has 2 rings (SSSR count). The van der Waals surface area contributed by atoms with E-state index in [1.807, 2.05) is 6.07 Å². The Hall–Kier alpha value is -1.90. The molecule has 1 heterocycles. The van der Waals surface area contributed by atoms with Crippen LogP contribution in [-0.4, -0.2) is 38.4 Å². The van der Waals surface area contributed by atoms with E-state index in [0.29, 0.717) is 24.3 Å². The second-order valence-corrected chi connectivity index (χ2v) is 4.05. The van der Waals surface area contributed by atoms with Crippen LogP contribution < -0.4 is 5.32 Å². The number of nitrogens with zero attached hydrogens (tertiary/aromatic N) is 1. The third kappa shape index (κ3) is 2.50. The standard InChI is InChI=1S/C13H14N2O3/c1-17-12-8-18-7-11(12)15-13(16)10-5-3-2-4-9(10)6-14/h2-5,11-12H,7-8H2,1H3,(H,15,16)/t11-,12-/m0/s1. The van der Waals surface area contributed by atoms with Crippen LogP contribution in [0.3, 0.4) is 0 Å². The number of carbonyl (C=O) groups excluding carboxylic acids is 1. The van der Waals surface area contributed by atoms with Gasteiger partial charge < -0.3 is 14.8 Å². The van der Waals surface area contributed by atoms with Gasteiger partial charge in [-0.05, 0) is 12.1 Å². The van der Waals surface area contributed by atoms with Crippen molar-refractivity contribution in [2.75, 3.05) is 20.3 Å². The molecule has 1 fully saturated rings. The molecule has 94 valence electrons. The van der Waals surface area contributed by atoms with Gasteiger partial charge in [0.2, 0.25) is 0 Å². The quantitative estimate of drug-likeness (QED) is 0.852. The van der Waals surface area contributed by atoms with Crippen LogP contribution in [0.5, 0.6) is 0 Å². The molecule has 0 spiro atoms. The highest BCUT2D eigenvalue weighted by atomic mass is 16.5. The molecule has 1 saturated heterocycles. The number of amides is 1. The van der Waals surface area contributed by atoms with Crippen LogP contribution in [0.1, 0.15) is 15.9 Å². The summed E-state index contributed by atoms with van der Waals surface area (Å²) in [4.78, 5) is 12.1. The second kappa shape index (κ2) is 5.63. The third-order valence-electron chi connectivity index (χ3n) is 2.94. The number of nitrogens with one attached hydrogen (secondary N) is 1. The van der Waals surface area contributed by atoms with Crippen LogP contribution in [0, 0.1) is 11.3 Å². The van der Waals surface area contributed by atoms with Gasteiger partial charge in [0.15, 0.2) is 0 Å². The van der Waals surface area contributed by atoms with Crippen molar-refractivity contribution in [3.8, 4) is 6.07 Å². The van der Waals surface area contributed by atoms with Crippen LogP contribution in [0.2, 0.25) is 0 Å². The molecule has 0 aliphatic carbocycles. The summed E-state index contributed by atoms with van der Waals surface area (Å²) in [5, 5.41) is 11.8. The van der Waals surface area contributed by atoms with E-state index in [-0.39, 0.29) is 18.1 Å². The lowest BCUT2D eigenvalue weighted by atomic mass is 10.1. The predicted octanol–water partition coefficient (Wildman–Crippen LogP) is 0.702. The van der Waals surface area contributed by atoms with Gasteiger partial charge in [0.05, 0.1) is 36.5 Å². The van der Waals surface area contributed by atoms with Gasteiger partial charge in [-0.15, -0.1) is 0 Å². The van der Waals surface area contributed by atoms with Crippen molar-refractivity contribution in [2.45, 2.75) is 12.1 Å². The Morgan fingerprint density at radius 2 is 2.28 bits per heavy atom. The summed E-state index contributed by atoms with van der Waals surface area (Å²) in [6.45, 7) is 0.903. The molecule has 1 amide bonds. The Balaban J connectivity index is 2.10. The van der Waals surface area contributed by atoms with E-state index in [2.05, 4.69) is 5.32 Å². The van der Waals surface area contributed by atoms with Crippen LogP contribution in [0.25, 0.3) is 0 Å². The summed E-state index contributed by atoms with van der Waals surface area (Å²) in [7, 11) is 1.59.